The molecule has 1 aliphatic rings. The number of hydrogen-bond acceptors (Lipinski definition) is 3. The van der Waals surface area contributed by atoms with Crippen LogP contribution in [-0.2, 0) is 0 Å². The molecule has 0 atom stereocenters. The number of nitrogen functional groups attached to an aromatic ring is 1. The van der Waals surface area contributed by atoms with Gasteiger partial charge in [0.15, 0.2) is 0 Å². The molecule has 0 aliphatic heterocycles. The molecular formula is C12H16ClN3O. The molecule has 1 heterocycles. The van der Waals surface area contributed by atoms with Crippen molar-refractivity contribution >= 4 is 23.2 Å². The van der Waals surface area contributed by atoms with Crippen LogP contribution in [0.15, 0.2) is 12.3 Å². The zero-order valence-corrected chi connectivity index (χ0v) is 10.5. The third kappa shape index (κ3) is 2.69. The molecule has 0 radical (unpaired) electrons. The van der Waals surface area contributed by atoms with Crippen LogP contribution in [0.4, 0.5) is 5.69 Å². The number of anilines is 1. The minimum Gasteiger partial charge on any atom is -0.397 e. The van der Waals surface area contributed by atoms with Gasteiger partial charge in [0.05, 0.1) is 17.4 Å². The third-order valence-electron chi connectivity index (χ3n) is 3.38. The highest BCUT2D eigenvalue weighted by Gasteiger charge is 2.32. The summed E-state index contributed by atoms with van der Waals surface area (Å²) in [6.07, 6.45) is 4.98. The highest BCUT2D eigenvalue weighted by molar-refractivity contribution is 6.29. The summed E-state index contributed by atoms with van der Waals surface area (Å²) in [6, 6.07) is 1.50. The van der Waals surface area contributed by atoms with Gasteiger partial charge in [-0.1, -0.05) is 24.9 Å². The average Bonchev–Trinajstić information content (AvgIpc) is 2.26. The number of carbonyl (C=O) groups excluding carboxylic acids is 1. The Bertz CT molecular complexity index is 443. The first-order valence-electron chi connectivity index (χ1n) is 5.69. The molecule has 1 aromatic rings. The van der Waals surface area contributed by atoms with E-state index >= 15 is 0 Å². The number of rotatable bonds is 3. The van der Waals surface area contributed by atoms with Gasteiger partial charge in [-0.25, -0.2) is 4.98 Å². The van der Waals surface area contributed by atoms with Gasteiger partial charge in [-0.3, -0.25) is 4.79 Å². The molecule has 1 aromatic heterocycles. The van der Waals surface area contributed by atoms with Crippen molar-refractivity contribution in [3.63, 3.8) is 0 Å². The Hall–Kier alpha value is -1.29. The van der Waals surface area contributed by atoms with Crippen LogP contribution in [0.3, 0.4) is 0 Å². The summed E-state index contributed by atoms with van der Waals surface area (Å²) in [6.45, 7) is 2.87. The molecule has 0 aromatic carbocycles. The van der Waals surface area contributed by atoms with Gasteiger partial charge >= 0.3 is 0 Å². The number of nitrogens with two attached hydrogens (primary N) is 1. The first-order chi connectivity index (χ1) is 8.00. The van der Waals surface area contributed by atoms with Crippen LogP contribution in [0.5, 0.6) is 0 Å². The second-order valence-corrected chi connectivity index (χ2v) is 5.33. The van der Waals surface area contributed by atoms with E-state index in [9.17, 15) is 4.79 Å². The average molecular weight is 254 g/mol. The summed E-state index contributed by atoms with van der Waals surface area (Å²) in [5.41, 5.74) is 6.69. The Morgan fingerprint density at radius 1 is 1.65 bits per heavy atom. The fourth-order valence-electron chi connectivity index (χ4n) is 1.98. The van der Waals surface area contributed by atoms with Crippen LogP contribution in [0.1, 0.15) is 36.5 Å². The van der Waals surface area contributed by atoms with E-state index in [-0.39, 0.29) is 16.5 Å². The van der Waals surface area contributed by atoms with Gasteiger partial charge in [0.2, 0.25) is 0 Å². The fraction of sp³-hybridized carbons (Fsp3) is 0.500. The molecule has 0 spiro atoms. The van der Waals surface area contributed by atoms with E-state index in [2.05, 4.69) is 17.2 Å². The maximum atomic E-state index is 11.9. The fourth-order valence-corrected chi connectivity index (χ4v) is 2.14. The van der Waals surface area contributed by atoms with Gasteiger partial charge in [-0.05, 0) is 24.3 Å². The Morgan fingerprint density at radius 2 is 2.35 bits per heavy atom. The normalized spacial score (nSPS) is 17.3. The summed E-state index contributed by atoms with van der Waals surface area (Å²) < 4.78 is 0. The lowest BCUT2D eigenvalue weighted by Crippen LogP contribution is -2.40. The topological polar surface area (TPSA) is 68.0 Å². The van der Waals surface area contributed by atoms with Crippen LogP contribution in [0.25, 0.3) is 0 Å². The second-order valence-electron chi connectivity index (χ2n) is 4.94. The molecule has 0 unspecified atom stereocenters. The maximum Gasteiger partial charge on any atom is 0.253 e. The quantitative estimate of drug-likeness (QED) is 0.812. The van der Waals surface area contributed by atoms with Crippen molar-refractivity contribution in [2.24, 2.45) is 5.41 Å². The Morgan fingerprint density at radius 3 is 2.94 bits per heavy atom. The lowest BCUT2D eigenvalue weighted by atomic mass is 9.70. The van der Waals surface area contributed by atoms with Gasteiger partial charge in [0, 0.05) is 6.54 Å². The number of nitrogens with one attached hydrogen (secondary N) is 1. The van der Waals surface area contributed by atoms with Crippen LogP contribution < -0.4 is 11.1 Å². The van der Waals surface area contributed by atoms with E-state index in [1.165, 1.54) is 31.5 Å². The van der Waals surface area contributed by atoms with Gasteiger partial charge in [-0.2, -0.15) is 0 Å². The summed E-state index contributed by atoms with van der Waals surface area (Å²) in [7, 11) is 0. The van der Waals surface area contributed by atoms with Crippen molar-refractivity contribution < 1.29 is 4.79 Å². The van der Waals surface area contributed by atoms with Crippen LogP contribution in [0, 0.1) is 5.41 Å². The summed E-state index contributed by atoms with van der Waals surface area (Å²) in [5, 5.41) is 3.18. The number of pyridine rings is 1. The Balaban J connectivity index is 2.01. The molecule has 2 rings (SSSR count). The van der Waals surface area contributed by atoms with Crippen molar-refractivity contribution in [3.05, 3.63) is 23.0 Å². The van der Waals surface area contributed by atoms with Gasteiger partial charge in [0.25, 0.3) is 5.91 Å². The molecule has 0 bridgehead atoms. The smallest absolute Gasteiger partial charge is 0.253 e. The van der Waals surface area contributed by atoms with E-state index in [1.54, 1.807) is 0 Å². The van der Waals surface area contributed by atoms with Crippen LogP contribution in [-0.4, -0.2) is 17.4 Å². The molecule has 1 saturated carbocycles. The molecule has 17 heavy (non-hydrogen) atoms. The Kier molecular flexibility index (Phi) is 3.24. The highest BCUT2D eigenvalue weighted by Crippen LogP contribution is 2.39. The predicted octanol–water partition coefficient (Wildman–Crippen LogP) is 2.24. The van der Waals surface area contributed by atoms with Crippen molar-refractivity contribution in [2.75, 3.05) is 12.3 Å². The van der Waals surface area contributed by atoms with E-state index in [0.29, 0.717) is 17.8 Å². The minimum atomic E-state index is -0.181. The molecule has 3 N–H and O–H groups in total. The van der Waals surface area contributed by atoms with Crippen LogP contribution in [0.2, 0.25) is 5.15 Å². The lowest BCUT2D eigenvalue weighted by molar-refractivity contribution is 0.0891. The van der Waals surface area contributed by atoms with Gasteiger partial charge < -0.3 is 11.1 Å². The number of amides is 1. The third-order valence-corrected chi connectivity index (χ3v) is 3.59. The number of hydrogen-bond donors (Lipinski definition) is 2. The van der Waals surface area contributed by atoms with E-state index in [1.807, 2.05) is 0 Å². The zero-order valence-electron chi connectivity index (χ0n) is 9.79. The monoisotopic (exact) mass is 253 g/mol. The Labute approximate surface area is 106 Å². The summed E-state index contributed by atoms with van der Waals surface area (Å²) in [5.74, 6) is -0.181. The van der Waals surface area contributed by atoms with E-state index < -0.39 is 0 Å². The van der Waals surface area contributed by atoms with Crippen molar-refractivity contribution in [3.8, 4) is 0 Å². The maximum absolute atomic E-state index is 11.9. The van der Waals surface area contributed by atoms with Crippen molar-refractivity contribution in [2.45, 2.75) is 26.2 Å². The molecule has 4 nitrogen and oxygen atoms in total. The van der Waals surface area contributed by atoms with Crippen LogP contribution >= 0.6 is 11.6 Å². The van der Waals surface area contributed by atoms with Crippen molar-refractivity contribution in [1.29, 1.82) is 0 Å². The molecule has 1 aliphatic carbocycles. The largest absolute Gasteiger partial charge is 0.397 e. The predicted molar refractivity (Wildman–Crippen MR) is 68.0 cm³/mol. The zero-order chi connectivity index (χ0) is 12.5. The molecule has 0 saturated heterocycles. The van der Waals surface area contributed by atoms with E-state index in [0.717, 1.165) is 0 Å². The molecule has 92 valence electrons. The number of halogens is 1. The molecule has 1 fully saturated rings. The SMILES string of the molecule is CC1(CNC(=O)c2cc(Cl)ncc2N)CCC1. The number of carbonyl (C=O) groups is 1. The summed E-state index contributed by atoms with van der Waals surface area (Å²) in [4.78, 5) is 15.7. The van der Waals surface area contributed by atoms with E-state index in [4.69, 9.17) is 17.3 Å². The second kappa shape index (κ2) is 4.53. The standard InChI is InChI=1S/C12H16ClN3O/c1-12(3-2-4-12)7-16-11(17)8-5-10(13)15-6-9(8)14/h5-6H,2-4,7,14H2,1H3,(H,16,17). The number of aromatic nitrogens is 1. The highest BCUT2D eigenvalue weighted by atomic mass is 35.5. The van der Waals surface area contributed by atoms with Gasteiger partial charge in [0.1, 0.15) is 5.15 Å². The lowest BCUT2D eigenvalue weighted by Gasteiger charge is -2.38. The molecular weight excluding hydrogens is 238 g/mol. The molecule has 5 heteroatoms. The van der Waals surface area contributed by atoms with Gasteiger partial charge in [-0.15, -0.1) is 0 Å². The minimum absolute atomic E-state index is 0.181. The van der Waals surface area contributed by atoms with Crippen molar-refractivity contribution in [1.82, 2.24) is 10.3 Å². The summed E-state index contributed by atoms with van der Waals surface area (Å²) >= 11 is 5.74. The molecule has 1 amide bonds. The first kappa shape index (κ1) is 12.2. The first-order valence-corrected chi connectivity index (χ1v) is 6.07. The number of nitrogens with zero attached hydrogens (tertiary/aromatic N) is 1.